The molecule has 1 N–H and O–H groups in total. The number of nitrogens with one attached hydrogen (secondary N) is 1. The van der Waals surface area contributed by atoms with E-state index in [2.05, 4.69) is 10.3 Å². The molecule has 180 valence electrons. The minimum absolute atomic E-state index is 0.0431. The molecule has 1 aliphatic carbocycles. The number of amidine groups is 1. The summed E-state index contributed by atoms with van der Waals surface area (Å²) < 4.78 is 25.2. The van der Waals surface area contributed by atoms with Crippen molar-refractivity contribution in [3.05, 3.63) is 52.5 Å². The minimum atomic E-state index is -2.49. The smallest absolute Gasteiger partial charge is 0.288 e. The third-order valence-electron chi connectivity index (χ3n) is 5.54. The number of benzene rings is 2. The van der Waals surface area contributed by atoms with Crippen LogP contribution in [-0.4, -0.2) is 38.9 Å². The summed E-state index contributed by atoms with van der Waals surface area (Å²) >= 11 is 13.9. The highest BCUT2D eigenvalue weighted by atomic mass is 35.5. The molecule has 0 radical (unpaired) electrons. The van der Waals surface area contributed by atoms with E-state index in [0.29, 0.717) is 38.2 Å². The number of alkyl halides is 2. The third kappa shape index (κ3) is 6.05. The van der Waals surface area contributed by atoms with Gasteiger partial charge < -0.3 is 5.32 Å². The average Bonchev–Trinajstić information content (AvgIpc) is 3.41. The van der Waals surface area contributed by atoms with E-state index in [4.69, 9.17) is 23.2 Å². The maximum atomic E-state index is 13.3. The second-order valence-corrected chi connectivity index (χ2v) is 10.9. The molecule has 1 saturated carbocycles. The second kappa shape index (κ2) is 11.3. The van der Waals surface area contributed by atoms with Crippen LogP contribution in [0.15, 0.2) is 52.4 Å². The van der Waals surface area contributed by atoms with Crippen molar-refractivity contribution in [3.8, 4) is 0 Å². The Labute approximate surface area is 214 Å². The summed E-state index contributed by atoms with van der Waals surface area (Å²) in [6.45, 7) is 0. The molecule has 2 aromatic carbocycles. The molecule has 0 spiro atoms. The Morgan fingerprint density at radius 2 is 1.88 bits per heavy atom. The molecule has 5 nitrogen and oxygen atoms in total. The van der Waals surface area contributed by atoms with Crippen LogP contribution in [-0.2, 0) is 9.59 Å². The van der Waals surface area contributed by atoms with Crippen molar-refractivity contribution in [2.75, 3.05) is 5.32 Å². The predicted molar refractivity (Wildman–Crippen MR) is 136 cm³/mol. The number of halogens is 4. The average molecular weight is 544 g/mol. The molecule has 2 aliphatic rings. The lowest BCUT2D eigenvalue weighted by Crippen LogP contribution is -2.40. The third-order valence-corrected chi connectivity index (χ3v) is 8.23. The molecule has 0 aromatic heterocycles. The molecular formula is C23H21Cl2F2N3O2S2. The van der Waals surface area contributed by atoms with Gasteiger partial charge in [0.2, 0.25) is 11.8 Å². The van der Waals surface area contributed by atoms with E-state index in [1.165, 1.54) is 11.8 Å². The fourth-order valence-corrected chi connectivity index (χ4v) is 6.04. The number of anilines is 1. The molecule has 2 amide bonds. The Kier molecular flexibility index (Phi) is 8.39. The molecule has 34 heavy (non-hydrogen) atoms. The Morgan fingerprint density at radius 1 is 1.18 bits per heavy atom. The van der Waals surface area contributed by atoms with Crippen molar-refractivity contribution in [1.82, 2.24) is 4.90 Å². The number of hydrogen-bond donors (Lipinski definition) is 1. The summed E-state index contributed by atoms with van der Waals surface area (Å²) in [4.78, 5) is 32.8. The van der Waals surface area contributed by atoms with E-state index >= 15 is 0 Å². The number of rotatable bonds is 7. The molecule has 1 atom stereocenters. The number of hydrogen-bond acceptors (Lipinski definition) is 5. The molecule has 0 bridgehead atoms. The summed E-state index contributed by atoms with van der Waals surface area (Å²) in [5.74, 6) is -2.99. The fraction of sp³-hybridized carbons (Fsp3) is 0.348. The van der Waals surface area contributed by atoms with Gasteiger partial charge >= 0.3 is 0 Å². The van der Waals surface area contributed by atoms with Crippen molar-refractivity contribution in [3.63, 3.8) is 0 Å². The molecule has 2 aromatic rings. The number of aliphatic imine (C=N–C) groups is 1. The molecule has 1 heterocycles. The van der Waals surface area contributed by atoms with Gasteiger partial charge in [0.25, 0.3) is 5.76 Å². The van der Waals surface area contributed by atoms with Gasteiger partial charge in [0.05, 0.1) is 21.4 Å². The second-order valence-electron chi connectivity index (χ2n) is 7.87. The van der Waals surface area contributed by atoms with E-state index in [-0.39, 0.29) is 29.3 Å². The molecule has 1 aliphatic heterocycles. The van der Waals surface area contributed by atoms with Gasteiger partial charge in [-0.25, -0.2) is 4.99 Å². The maximum absolute atomic E-state index is 13.3. The fourth-order valence-electron chi connectivity index (χ4n) is 3.97. The number of thioether (sulfide) groups is 2. The lowest BCUT2D eigenvalue weighted by Gasteiger charge is -2.23. The molecule has 1 saturated heterocycles. The molecule has 1 unspecified atom stereocenters. The summed E-state index contributed by atoms with van der Waals surface area (Å²) in [5, 5.41) is 3.21. The monoisotopic (exact) mass is 543 g/mol. The van der Waals surface area contributed by atoms with Gasteiger partial charge in [-0.1, -0.05) is 65.6 Å². The van der Waals surface area contributed by atoms with E-state index in [9.17, 15) is 18.4 Å². The van der Waals surface area contributed by atoms with Crippen molar-refractivity contribution >= 4 is 75.1 Å². The Bertz CT molecular complexity index is 1100. The zero-order chi connectivity index (χ0) is 24.2. The highest BCUT2D eigenvalue weighted by Crippen LogP contribution is 2.38. The number of amides is 2. The predicted octanol–water partition coefficient (Wildman–Crippen LogP) is 7.21. The highest BCUT2D eigenvalue weighted by molar-refractivity contribution is 8.15. The quantitative estimate of drug-likeness (QED) is 0.374. The van der Waals surface area contributed by atoms with Gasteiger partial charge in [-0.2, -0.15) is 8.78 Å². The highest BCUT2D eigenvalue weighted by Gasteiger charge is 2.43. The molecule has 2 fully saturated rings. The van der Waals surface area contributed by atoms with Crippen LogP contribution in [0.25, 0.3) is 0 Å². The van der Waals surface area contributed by atoms with Gasteiger partial charge in [0.15, 0.2) is 5.17 Å². The topological polar surface area (TPSA) is 61.8 Å². The standard InChI is InChI=1S/C23H21Cl2F2N3O2S2/c24-16-6-3-7-17(20(16)25)29-19(31)12-18-21(32)30(14-4-1-2-5-14)23(34-18)28-13-8-10-15(11-9-13)33-22(26)27/h3,6-11,14,18,22H,1-2,4-5,12H2,(H,29,31). The van der Waals surface area contributed by atoms with Crippen LogP contribution < -0.4 is 5.32 Å². The summed E-state index contributed by atoms with van der Waals surface area (Å²) in [5.41, 5.74) is 0.950. The van der Waals surface area contributed by atoms with Crippen LogP contribution in [0.2, 0.25) is 10.0 Å². The van der Waals surface area contributed by atoms with Gasteiger partial charge in [-0.3, -0.25) is 14.5 Å². The first-order chi connectivity index (χ1) is 16.3. The Balaban J connectivity index is 1.51. The molecule has 4 rings (SSSR count). The summed E-state index contributed by atoms with van der Waals surface area (Å²) in [6.07, 6.45) is 3.78. The van der Waals surface area contributed by atoms with Crippen LogP contribution >= 0.6 is 46.7 Å². The number of nitrogens with zero attached hydrogens (tertiary/aromatic N) is 2. The maximum Gasteiger partial charge on any atom is 0.288 e. The summed E-state index contributed by atoms with van der Waals surface area (Å²) in [7, 11) is 0. The lowest BCUT2D eigenvalue weighted by atomic mass is 10.2. The first-order valence-electron chi connectivity index (χ1n) is 10.7. The van der Waals surface area contributed by atoms with Gasteiger partial charge in [-0.05, 0) is 49.2 Å². The summed E-state index contributed by atoms with van der Waals surface area (Å²) in [6, 6.07) is 11.4. The molecular weight excluding hydrogens is 523 g/mol. The van der Waals surface area contributed by atoms with Gasteiger partial charge in [0.1, 0.15) is 5.25 Å². The largest absolute Gasteiger partial charge is 0.325 e. The van der Waals surface area contributed by atoms with Crippen molar-refractivity contribution in [1.29, 1.82) is 0 Å². The van der Waals surface area contributed by atoms with E-state index < -0.39 is 11.0 Å². The lowest BCUT2D eigenvalue weighted by molar-refractivity contribution is -0.129. The SMILES string of the molecule is O=C(CC1SC(=Nc2ccc(SC(F)F)cc2)N(C2CCCC2)C1=O)Nc1cccc(Cl)c1Cl. The number of carbonyl (C=O) groups excluding carboxylic acids is 2. The van der Waals surface area contributed by atoms with Crippen molar-refractivity contribution < 1.29 is 18.4 Å². The van der Waals surface area contributed by atoms with Crippen LogP contribution in [0.4, 0.5) is 20.2 Å². The number of carbonyl (C=O) groups is 2. The Morgan fingerprint density at radius 3 is 2.56 bits per heavy atom. The van der Waals surface area contributed by atoms with Gasteiger partial charge in [-0.15, -0.1) is 0 Å². The molecule has 11 heteroatoms. The first-order valence-corrected chi connectivity index (χ1v) is 13.2. The zero-order valence-corrected chi connectivity index (χ0v) is 21.0. The van der Waals surface area contributed by atoms with Crippen molar-refractivity contribution in [2.24, 2.45) is 4.99 Å². The van der Waals surface area contributed by atoms with Gasteiger partial charge in [0, 0.05) is 17.4 Å². The van der Waals surface area contributed by atoms with E-state index in [1.54, 1.807) is 47.4 Å². The van der Waals surface area contributed by atoms with Crippen LogP contribution in [0.5, 0.6) is 0 Å². The first kappa shape index (κ1) is 25.3. The minimum Gasteiger partial charge on any atom is -0.325 e. The zero-order valence-electron chi connectivity index (χ0n) is 17.8. The van der Waals surface area contributed by atoms with Crippen molar-refractivity contribution in [2.45, 2.75) is 54.0 Å². The van der Waals surface area contributed by atoms with Crippen LogP contribution in [0.1, 0.15) is 32.1 Å². The van der Waals surface area contributed by atoms with E-state index in [1.807, 2.05) is 0 Å². The van der Waals surface area contributed by atoms with Crippen LogP contribution in [0, 0.1) is 0 Å². The Hall–Kier alpha value is -1.81. The van der Waals surface area contributed by atoms with Crippen LogP contribution in [0.3, 0.4) is 0 Å². The normalized spacial score (nSPS) is 20.0. The van der Waals surface area contributed by atoms with E-state index in [0.717, 1.165) is 25.7 Å².